The van der Waals surface area contributed by atoms with Crippen LogP contribution >= 0.6 is 0 Å². The SMILES string of the molecule is CC(C)n1c(C2(C)CCCCN2)nc2ccccc21. The lowest BCUT2D eigenvalue weighted by molar-refractivity contribution is 0.258. The van der Waals surface area contributed by atoms with Crippen molar-refractivity contribution in [2.24, 2.45) is 0 Å². The summed E-state index contributed by atoms with van der Waals surface area (Å²) in [6.45, 7) is 7.87. The van der Waals surface area contributed by atoms with Crippen LogP contribution in [0.2, 0.25) is 0 Å². The molecule has 1 fully saturated rings. The molecule has 0 spiro atoms. The smallest absolute Gasteiger partial charge is 0.130 e. The summed E-state index contributed by atoms with van der Waals surface area (Å²) in [5, 5.41) is 3.68. The van der Waals surface area contributed by atoms with Crippen LogP contribution in [-0.2, 0) is 5.54 Å². The minimum atomic E-state index is 0.0154. The summed E-state index contributed by atoms with van der Waals surface area (Å²) in [5.74, 6) is 1.20. The van der Waals surface area contributed by atoms with Crippen molar-refractivity contribution in [3.8, 4) is 0 Å². The van der Waals surface area contributed by atoms with Gasteiger partial charge in [-0.1, -0.05) is 12.1 Å². The van der Waals surface area contributed by atoms with Crippen LogP contribution in [0.3, 0.4) is 0 Å². The molecule has 0 saturated carbocycles. The first-order valence-electron chi connectivity index (χ1n) is 7.34. The van der Waals surface area contributed by atoms with E-state index in [-0.39, 0.29) is 5.54 Å². The van der Waals surface area contributed by atoms with Gasteiger partial charge in [0.05, 0.1) is 16.6 Å². The Labute approximate surface area is 115 Å². The van der Waals surface area contributed by atoms with E-state index in [1.165, 1.54) is 30.6 Å². The normalized spacial score (nSPS) is 24.2. The molecule has 3 rings (SSSR count). The van der Waals surface area contributed by atoms with Crippen molar-refractivity contribution < 1.29 is 0 Å². The van der Waals surface area contributed by atoms with Crippen molar-refractivity contribution in [2.75, 3.05) is 6.54 Å². The summed E-state index contributed by atoms with van der Waals surface area (Å²) in [4.78, 5) is 4.93. The van der Waals surface area contributed by atoms with E-state index in [4.69, 9.17) is 4.98 Å². The average molecular weight is 257 g/mol. The molecule has 0 amide bonds. The van der Waals surface area contributed by atoms with Gasteiger partial charge in [-0.25, -0.2) is 4.98 Å². The summed E-state index contributed by atoms with van der Waals surface area (Å²) in [5.41, 5.74) is 2.38. The highest BCUT2D eigenvalue weighted by molar-refractivity contribution is 5.76. The average Bonchev–Trinajstić information content (AvgIpc) is 2.79. The molecule has 1 aliphatic heterocycles. The molecular weight excluding hydrogens is 234 g/mol. The van der Waals surface area contributed by atoms with E-state index in [0.29, 0.717) is 6.04 Å². The third-order valence-electron chi connectivity index (χ3n) is 4.22. The van der Waals surface area contributed by atoms with Crippen LogP contribution in [0.15, 0.2) is 24.3 Å². The maximum atomic E-state index is 4.93. The first-order chi connectivity index (χ1) is 9.12. The fourth-order valence-corrected chi connectivity index (χ4v) is 3.20. The van der Waals surface area contributed by atoms with Crippen molar-refractivity contribution >= 4 is 11.0 Å². The molecule has 2 aromatic rings. The Hall–Kier alpha value is -1.35. The van der Waals surface area contributed by atoms with Gasteiger partial charge in [-0.2, -0.15) is 0 Å². The van der Waals surface area contributed by atoms with E-state index in [1.54, 1.807) is 0 Å². The van der Waals surface area contributed by atoms with E-state index < -0.39 is 0 Å². The lowest BCUT2D eigenvalue weighted by atomic mass is 9.90. The molecule has 102 valence electrons. The molecule has 0 radical (unpaired) electrons. The van der Waals surface area contributed by atoms with Crippen molar-refractivity contribution in [3.63, 3.8) is 0 Å². The van der Waals surface area contributed by atoms with E-state index in [9.17, 15) is 0 Å². The molecule has 1 aromatic carbocycles. The second-order valence-corrected chi connectivity index (χ2v) is 6.10. The van der Waals surface area contributed by atoms with Gasteiger partial charge in [0.15, 0.2) is 0 Å². The number of hydrogen-bond donors (Lipinski definition) is 1. The number of piperidine rings is 1. The standard InChI is InChI=1S/C16H23N3/c1-12(2)19-14-9-5-4-8-13(14)18-15(19)16(3)10-6-7-11-17-16/h4-5,8-9,12,17H,6-7,10-11H2,1-3H3. The van der Waals surface area contributed by atoms with E-state index in [1.807, 2.05) is 0 Å². The second kappa shape index (κ2) is 4.64. The van der Waals surface area contributed by atoms with E-state index >= 15 is 0 Å². The molecule has 1 aliphatic rings. The Kier molecular flexibility index (Phi) is 3.09. The summed E-state index contributed by atoms with van der Waals surface area (Å²) >= 11 is 0. The second-order valence-electron chi connectivity index (χ2n) is 6.10. The number of hydrogen-bond acceptors (Lipinski definition) is 2. The number of benzene rings is 1. The molecule has 1 saturated heterocycles. The van der Waals surface area contributed by atoms with Crippen LogP contribution in [0.5, 0.6) is 0 Å². The van der Waals surface area contributed by atoms with Gasteiger partial charge in [0.2, 0.25) is 0 Å². The van der Waals surface area contributed by atoms with E-state index in [2.05, 4.69) is 54.9 Å². The monoisotopic (exact) mass is 257 g/mol. The van der Waals surface area contributed by atoms with Crippen LogP contribution in [0.1, 0.15) is 51.9 Å². The lowest BCUT2D eigenvalue weighted by Crippen LogP contribution is -2.45. The van der Waals surface area contributed by atoms with Gasteiger partial charge in [0.1, 0.15) is 5.82 Å². The summed E-state index contributed by atoms with van der Waals surface area (Å²) in [6, 6.07) is 8.90. The Bertz CT molecular complexity index is 577. The van der Waals surface area contributed by atoms with Crippen molar-refractivity contribution in [3.05, 3.63) is 30.1 Å². The van der Waals surface area contributed by atoms with Gasteiger partial charge >= 0.3 is 0 Å². The van der Waals surface area contributed by atoms with Gasteiger partial charge in [-0.3, -0.25) is 0 Å². The highest BCUT2D eigenvalue weighted by atomic mass is 15.2. The fraction of sp³-hybridized carbons (Fsp3) is 0.562. The van der Waals surface area contributed by atoms with Crippen LogP contribution in [0.25, 0.3) is 11.0 Å². The predicted octanol–water partition coefficient (Wildman–Crippen LogP) is 3.61. The topological polar surface area (TPSA) is 29.9 Å². The molecule has 2 heterocycles. The Morgan fingerprint density at radius 2 is 2.05 bits per heavy atom. The third kappa shape index (κ3) is 2.06. The maximum absolute atomic E-state index is 4.93. The lowest BCUT2D eigenvalue weighted by Gasteiger charge is -2.35. The van der Waals surface area contributed by atoms with Crippen molar-refractivity contribution in [1.29, 1.82) is 0 Å². The third-order valence-corrected chi connectivity index (χ3v) is 4.22. The Balaban J connectivity index is 2.19. The first kappa shape index (κ1) is 12.7. The van der Waals surface area contributed by atoms with E-state index in [0.717, 1.165) is 12.1 Å². The summed E-state index contributed by atoms with van der Waals surface area (Å²) in [7, 11) is 0. The largest absolute Gasteiger partial charge is 0.324 e. The minimum Gasteiger partial charge on any atom is -0.324 e. The number of nitrogens with one attached hydrogen (secondary N) is 1. The highest BCUT2D eigenvalue weighted by Gasteiger charge is 2.34. The number of para-hydroxylation sites is 2. The van der Waals surface area contributed by atoms with Crippen LogP contribution < -0.4 is 5.32 Å². The van der Waals surface area contributed by atoms with Gasteiger partial charge in [-0.15, -0.1) is 0 Å². The quantitative estimate of drug-likeness (QED) is 0.890. The van der Waals surface area contributed by atoms with Crippen molar-refractivity contribution in [1.82, 2.24) is 14.9 Å². The predicted molar refractivity (Wildman–Crippen MR) is 79.3 cm³/mol. The summed E-state index contributed by atoms with van der Waals surface area (Å²) < 4.78 is 2.40. The molecule has 1 N–H and O–H groups in total. The van der Waals surface area contributed by atoms with Gasteiger partial charge < -0.3 is 9.88 Å². The molecule has 19 heavy (non-hydrogen) atoms. The molecule has 3 nitrogen and oxygen atoms in total. The zero-order valence-electron chi connectivity index (χ0n) is 12.1. The molecule has 0 bridgehead atoms. The zero-order chi connectivity index (χ0) is 13.5. The number of imidazole rings is 1. The molecular formula is C16H23N3. The molecule has 1 unspecified atom stereocenters. The minimum absolute atomic E-state index is 0.0154. The number of rotatable bonds is 2. The molecule has 1 aromatic heterocycles. The number of fused-ring (bicyclic) bond motifs is 1. The van der Waals surface area contributed by atoms with Gasteiger partial charge in [0, 0.05) is 6.04 Å². The van der Waals surface area contributed by atoms with Gasteiger partial charge in [-0.05, 0) is 58.7 Å². The first-order valence-corrected chi connectivity index (χ1v) is 7.34. The van der Waals surface area contributed by atoms with Crippen LogP contribution in [0.4, 0.5) is 0 Å². The molecule has 3 heteroatoms. The number of nitrogens with zero attached hydrogens (tertiary/aromatic N) is 2. The highest BCUT2D eigenvalue weighted by Crippen LogP contribution is 2.33. The zero-order valence-corrected chi connectivity index (χ0v) is 12.1. The van der Waals surface area contributed by atoms with Crippen molar-refractivity contribution in [2.45, 2.75) is 51.6 Å². The Morgan fingerprint density at radius 3 is 2.74 bits per heavy atom. The van der Waals surface area contributed by atoms with Crippen LogP contribution in [0, 0.1) is 0 Å². The van der Waals surface area contributed by atoms with Gasteiger partial charge in [0.25, 0.3) is 0 Å². The maximum Gasteiger partial charge on any atom is 0.130 e. The number of aromatic nitrogens is 2. The fourth-order valence-electron chi connectivity index (χ4n) is 3.20. The molecule has 0 aliphatic carbocycles. The molecule has 1 atom stereocenters. The summed E-state index contributed by atoms with van der Waals surface area (Å²) in [6.07, 6.45) is 3.73. The van der Waals surface area contributed by atoms with Crippen LogP contribution in [-0.4, -0.2) is 16.1 Å². The Morgan fingerprint density at radius 1 is 1.26 bits per heavy atom.